The van der Waals surface area contributed by atoms with Crippen molar-refractivity contribution in [3.63, 3.8) is 0 Å². The van der Waals surface area contributed by atoms with Crippen LogP contribution >= 0.6 is 11.3 Å². The van der Waals surface area contributed by atoms with E-state index in [1.807, 2.05) is 19.5 Å². The topological polar surface area (TPSA) is 33.2 Å². The fourth-order valence-corrected chi connectivity index (χ4v) is 2.73. The van der Waals surface area contributed by atoms with Gasteiger partial charge in [-0.2, -0.15) is 0 Å². The average molecular weight is 292 g/mol. The van der Waals surface area contributed by atoms with E-state index in [1.165, 1.54) is 29.1 Å². The second kappa shape index (κ2) is 6.72. The van der Waals surface area contributed by atoms with E-state index in [1.54, 1.807) is 11.3 Å². The van der Waals surface area contributed by atoms with Gasteiger partial charge >= 0.3 is 0 Å². The molecule has 0 bridgehead atoms. The quantitative estimate of drug-likeness (QED) is 0.766. The first-order chi connectivity index (χ1) is 9.56. The van der Waals surface area contributed by atoms with Gasteiger partial charge in [0.25, 0.3) is 0 Å². The Morgan fingerprint density at radius 3 is 2.65 bits per heavy atom. The van der Waals surface area contributed by atoms with Crippen LogP contribution in [-0.2, 0) is 6.54 Å². The molecule has 0 atom stereocenters. The largest absolute Gasteiger partial charge is 0.301 e. The van der Waals surface area contributed by atoms with E-state index in [9.17, 15) is 9.18 Å². The lowest BCUT2D eigenvalue weighted by molar-refractivity contribution is 0.0968. The number of aryl methyl sites for hydroxylation is 1. The molecule has 0 unspecified atom stereocenters. The highest BCUT2D eigenvalue weighted by Gasteiger charge is 2.10. The molecule has 0 N–H and O–H groups in total. The van der Waals surface area contributed by atoms with Gasteiger partial charge in [0.1, 0.15) is 5.82 Å². The molecule has 0 saturated heterocycles. The van der Waals surface area contributed by atoms with Crippen molar-refractivity contribution >= 4 is 17.1 Å². The second-order valence-electron chi connectivity index (χ2n) is 4.78. The Hall–Kier alpha value is -1.59. The Morgan fingerprint density at radius 1 is 1.35 bits per heavy atom. The molecule has 0 aliphatic rings. The highest BCUT2D eigenvalue weighted by molar-refractivity contribution is 7.09. The number of hydrogen-bond donors (Lipinski definition) is 0. The van der Waals surface area contributed by atoms with Crippen molar-refractivity contribution < 1.29 is 9.18 Å². The number of benzene rings is 1. The van der Waals surface area contributed by atoms with Crippen molar-refractivity contribution in [1.82, 2.24) is 9.88 Å². The van der Waals surface area contributed by atoms with Crippen LogP contribution in [-0.4, -0.2) is 29.3 Å². The standard InChI is InChI=1S/C15H17FN2OS/c1-11-15(20-10-17-11)9-18(2)8-7-14(19)12-3-5-13(16)6-4-12/h3-6,10H,7-9H2,1-2H3. The summed E-state index contributed by atoms with van der Waals surface area (Å²) in [7, 11) is 1.98. The van der Waals surface area contributed by atoms with Gasteiger partial charge in [0, 0.05) is 30.0 Å². The van der Waals surface area contributed by atoms with Crippen molar-refractivity contribution in [3.8, 4) is 0 Å². The summed E-state index contributed by atoms with van der Waals surface area (Å²) in [6.07, 6.45) is 0.431. The molecule has 1 heterocycles. The number of carbonyl (C=O) groups is 1. The van der Waals surface area contributed by atoms with Crippen molar-refractivity contribution in [2.24, 2.45) is 0 Å². The van der Waals surface area contributed by atoms with Crippen LogP contribution in [0.2, 0.25) is 0 Å². The molecule has 5 heteroatoms. The summed E-state index contributed by atoms with van der Waals surface area (Å²) in [4.78, 5) is 19.5. The van der Waals surface area contributed by atoms with Crippen LogP contribution in [0.15, 0.2) is 29.8 Å². The van der Waals surface area contributed by atoms with E-state index in [0.717, 1.165) is 12.2 Å². The lowest BCUT2D eigenvalue weighted by Crippen LogP contribution is -2.21. The van der Waals surface area contributed by atoms with Crippen LogP contribution < -0.4 is 0 Å². The van der Waals surface area contributed by atoms with Gasteiger partial charge in [0.2, 0.25) is 0 Å². The summed E-state index contributed by atoms with van der Waals surface area (Å²) in [5.74, 6) is -0.280. The second-order valence-corrected chi connectivity index (χ2v) is 5.72. The van der Waals surface area contributed by atoms with E-state index >= 15 is 0 Å². The zero-order valence-electron chi connectivity index (χ0n) is 11.6. The number of thiazole rings is 1. The molecule has 0 spiro atoms. The number of Topliss-reactive ketones (excluding diaryl/α,β-unsaturated/α-hetero) is 1. The Balaban J connectivity index is 1.84. The molecule has 20 heavy (non-hydrogen) atoms. The van der Waals surface area contributed by atoms with E-state index in [0.29, 0.717) is 18.5 Å². The molecule has 1 aromatic carbocycles. The predicted molar refractivity (Wildman–Crippen MR) is 78.5 cm³/mol. The molecule has 0 aliphatic carbocycles. The van der Waals surface area contributed by atoms with Gasteiger partial charge in [-0.05, 0) is 38.2 Å². The van der Waals surface area contributed by atoms with Crippen LogP contribution in [0, 0.1) is 12.7 Å². The number of carbonyl (C=O) groups excluding carboxylic acids is 1. The minimum absolute atomic E-state index is 0.0397. The highest BCUT2D eigenvalue weighted by atomic mass is 32.1. The molecule has 0 fully saturated rings. The summed E-state index contributed by atoms with van der Waals surface area (Å²) in [6.45, 7) is 3.46. The third-order valence-electron chi connectivity index (χ3n) is 3.15. The first-order valence-corrected chi connectivity index (χ1v) is 7.30. The Labute approximate surface area is 122 Å². The lowest BCUT2D eigenvalue weighted by atomic mass is 10.1. The Morgan fingerprint density at radius 2 is 2.05 bits per heavy atom. The SMILES string of the molecule is Cc1ncsc1CN(C)CCC(=O)c1ccc(F)cc1. The molecule has 0 aliphatic heterocycles. The minimum Gasteiger partial charge on any atom is -0.301 e. The molecular formula is C15H17FN2OS. The number of aromatic nitrogens is 1. The molecule has 0 radical (unpaired) electrons. The van der Waals surface area contributed by atoms with E-state index in [2.05, 4.69) is 9.88 Å². The van der Waals surface area contributed by atoms with Gasteiger partial charge < -0.3 is 4.90 Å². The van der Waals surface area contributed by atoms with E-state index in [4.69, 9.17) is 0 Å². The van der Waals surface area contributed by atoms with Gasteiger partial charge in [-0.3, -0.25) is 4.79 Å². The van der Waals surface area contributed by atoms with Gasteiger partial charge in [-0.25, -0.2) is 9.37 Å². The van der Waals surface area contributed by atoms with Gasteiger partial charge in [0.05, 0.1) is 11.2 Å². The van der Waals surface area contributed by atoms with Crippen LogP contribution in [0.1, 0.15) is 27.3 Å². The molecule has 0 amide bonds. The first kappa shape index (κ1) is 14.8. The zero-order valence-corrected chi connectivity index (χ0v) is 12.4. The Bertz CT molecular complexity index is 580. The molecule has 106 valence electrons. The molecule has 1 aromatic heterocycles. The molecule has 2 aromatic rings. The van der Waals surface area contributed by atoms with Crippen molar-refractivity contribution in [2.45, 2.75) is 19.9 Å². The number of halogens is 1. The van der Waals surface area contributed by atoms with Gasteiger partial charge in [-0.15, -0.1) is 11.3 Å². The van der Waals surface area contributed by atoms with Crippen molar-refractivity contribution in [1.29, 1.82) is 0 Å². The molecule has 3 nitrogen and oxygen atoms in total. The normalized spacial score (nSPS) is 11.0. The van der Waals surface area contributed by atoms with Crippen molar-refractivity contribution in [3.05, 3.63) is 51.7 Å². The minimum atomic E-state index is -0.320. The number of nitrogens with zero attached hydrogens (tertiary/aromatic N) is 2. The van der Waals surface area contributed by atoms with Crippen LogP contribution in [0.5, 0.6) is 0 Å². The fourth-order valence-electron chi connectivity index (χ4n) is 1.87. The smallest absolute Gasteiger partial charge is 0.164 e. The predicted octanol–water partition coefficient (Wildman–Crippen LogP) is 3.30. The van der Waals surface area contributed by atoms with Gasteiger partial charge in [-0.1, -0.05) is 0 Å². The molecule has 0 saturated carbocycles. The summed E-state index contributed by atoms with van der Waals surface area (Å²) >= 11 is 1.63. The highest BCUT2D eigenvalue weighted by Crippen LogP contribution is 2.14. The maximum Gasteiger partial charge on any atom is 0.164 e. The van der Waals surface area contributed by atoms with Gasteiger partial charge in [0.15, 0.2) is 5.78 Å². The Kier molecular flexibility index (Phi) is 4.98. The summed E-state index contributed by atoms with van der Waals surface area (Å²) in [6, 6.07) is 5.70. The maximum atomic E-state index is 12.8. The monoisotopic (exact) mass is 292 g/mol. The molecule has 2 rings (SSSR count). The third kappa shape index (κ3) is 3.95. The van der Waals surface area contributed by atoms with Crippen LogP contribution in [0.3, 0.4) is 0 Å². The van der Waals surface area contributed by atoms with Crippen molar-refractivity contribution in [2.75, 3.05) is 13.6 Å². The maximum absolute atomic E-state index is 12.8. The lowest BCUT2D eigenvalue weighted by Gasteiger charge is -2.15. The zero-order chi connectivity index (χ0) is 14.5. The number of rotatable bonds is 6. The average Bonchev–Trinajstić information content (AvgIpc) is 2.82. The first-order valence-electron chi connectivity index (χ1n) is 6.42. The number of ketones is 1. The van der Waals surface area contributed by atoms with Crippen LogP contribution in [0.4, 0.5) is 4.39 Å². The third-order valence-corrected chi connectivity index (χ3v) is 4.07. The number of hydrogen-bond acceptors (Lipinski definition) is 4. The van der Waals surface area contributed by atoms with E-state index in [-0.39, 0.29) is 11.6 Å². The van der Waals surface area contributed by atoms with E-state index < -0.39 is 0 Å². The van der Waals surface area contributed by atoms with Crippen LogP contribution in [0.25, 0.3) is 0 Å². The molecular weight excluding hydrogens is 275 g/mol. The summed E-state index contributed by atoms with van der Waals surface area (Å²) in [5, 5.41) is 0. The fraction of sp³-hybridized carbons (Fsp3) is 0.333. The summed E-state index contributed by atoms with van der Waals surface area (Å²) in [5.41, 5.74) is 3.45. The summed E-state index contributed by atoms with van der Waals surface area (Å²) < 4.78 is 12.8.